The highest BCUT2D eigenvalue weighted by Crippen LogP contribution is 2.37. The van der Waals surface area contributed by atoms with Gasteiger partial charge in [0, 0.05) is 44.1 Å². The zero-order chi connectivity index (χ0) is 29.5. The molecule has 0 saturated carbocycles. The lowest BCUT2D eigenvalue weighted by Gasteiger charge is -2.36. The molecule has 0 aliphatic carbocycles. The maximum Gasteiger partial charge on any atom is 0.337 e. The minimum atomic E-state index is -0.444. The summed E-state index contributed by atoms with van der Waals surface area (Å²) in [4.78, 5) is 20.8. The number of nitriles is 1. The van der Waals surface area contributed by atoms with Gasteiger partial charge >= 0.3 is 5.97 Å². The van der Waals surface area contributed by atoms with Crippen molar-refractivity contribution in [3.05, 3.63) is 83.3 Å². The number of hydrogen-bond donors (Lipinski definition) is 1. The Kier molecular flexibility index (Phi) is 9.52. The molecule has 220 valence electrons. The van der Waals surface area contributed by atoms with Crippen LogP contribution >= 0.6 is 0 Å². The van der Waals surface area contributed by atoms with Crippen molar-refractivity contribution in [1.29, 1.82) is 5.26 Å². The minimum absolute atomic E-state index is 0.0918. The first kappa shape index (κ1) is 29.3. The molecule has 4 heterocycles. The van der Waals surface area contributed by atoms with Gasteiger partial charge in [0.1, 0.15) is 18.6 Å². The Bertz CT molecular complexity index is 1410. The van der Waals surface area contributed by atoms with E-state index in [0.717, 1.165) is 56.5 Å². The molecule has 0 spiro atoms. The van der Waals surface area contributed by atoms with E-state index >= 15 is 0 Å². The van der Waals surface area contributed by atoms with Gasteiger partial charge in [-0.25, -0.2) is 14.2 Å². The van der Waals surface area contributed by atoms with Crippen molar-refractivity contribution in [2.45, 2.75) is 38.6 Å². The van der Waals surface area contributed by atoms with Crippen LogP contribution in [-0.4, -0.2) is 68.0 Å². The summed E-state index contributed by atoms with van der Waals surface area (Å²) in [6, 6.07) is 17.2. The molecule has 3 aliphatic rings. The number of esters is 1. The highest BCUT2D eigenvalue weighted by molar-refractivity contribution is 5.93. The molecule has 3 aliphatic heterocycles. The first-order chi connectivity index (χ1) is 20.4. The summed E-state index contributed by atoms with van der Waals surface area (Å²) >= 11 is 0. The van der Waals surface area contributed by atoms with Crippen molar-refractivity contribution in [3.63, 3.8) is 0 Å². The molecule has 2 fully saturated rings. The summed E-state index contributed by atoms with van der Waals surface area (Å²) in [6.45, 7) is 7.44. The smallest absolute Gasteiger partial charge is 0.337 e. The number of nitrogens with one attached hydrogen (secondary N) is 1. The molecular formula is C32H36FN5O4. The van der Waals surface area contributed by atoms with Gasteiger partial charge in [0.25, 0.3) is 0 Å². The van der Waals surface area contributed by atoms with Gasteiger partial charge in [-0.3, -0.25) is 4.90 Å². The number of ether oxygens (including phenoxy) is 3. The number of rotatable bonds is 8. The van der Waals surface area contributed by atoms with Crippen LogP contribution in [0.3, 0.4) is 0 Å². The van der Waals surface area contributed by atoms with E-state index in [1.165, 1.54) is 25.7 Å². The molecule has 3 unspecified atom stereocenters. The standard InChI is InChI=1S/C19H27N3O3.C13H9FN2O/c1-13-5-7-21(10-13)12-18-20-16-4-3-14(19(23)24-2)9-17(16)22(18)11-15-6-8-25-15;14-12-7-10(8-15)4-5-11(12)9-17-13-3-1-2-6-16-13/h3-4,9,13,15,18,20H,5-8,10-12H2,1-2H3;1-7H,9H2. The SMILES string of the molecule is COC(=O)c1ccc2c(c1)N(CC1CCO1)C(CN1CCC(C)C1)N2.N#Cc1ccc(COc2ccccn2)c(F)c1. The van der Waals surface area contributed by atoms with E-state index in [-0.39, 0.29) is 24.8 Å². The predicted molar refractivity (Wildman–Crippen MR) is 157 cm³/mol. The maximum atomic E-state index is 13.5. The Labute approximate surface area is 245 Å². The second-order valence-electron chi connectivity index (χ2n) is 10.8. The van der Waals surface area contributed by atoms with Gasteiger partial charge < -0.3 is 24.4 Å². The molecule has 0 radical (unpaired) electrons. The van der Waals surface area contributed by atoms with E-state index in [1.807, 2.05) is 24.3 Å². The lowest BCUT2D eigenvalue weighted by Crippen LogP contribution is -2.49. The zero-order valence-electron chi connectivity index (χ0n) is 24.0. The van der Waals surface area contributed by atoms with E-state index in [9.17, 15) is 9.18 Å². The van der Waals surface area contributed by atoms with Gasteiger partial charge in [0.15, 0.2) is 0 Å². The maximum absolute atomic E-state index is 13.5. The highest BCUT2D eigenvalue weighted by atomic mass is 19.1. The molecule has 2 saturated heterocycles. The first-order valence-corrected chi connectivity index (χ1v) is 14.3. The summed E-state index contributed by atoms with van der Waals surface area (Å²) in [6.07, 6.45) is 4.49. The van der Waals surface area contributed by atoms with Crippen molar-refractivity contribution in [2.75, 3.05) is 50.1 Å². The van der Waals surface area contributed by atoms with Crippen molar-refractivity contribution in [3.8, 4) is 11.9 Å². The number of carbonyl (C=O) groups is 1. The van der Waals surface area contributed by atoms with Gasteiger partial charge in [-0.1, -0.05) is 19.1 Å². The predicted octanol–water partition coefficient (Wildman–Crippen LogP) is 4.83. The molecule has 0 bridgehead atoms. The van der Waals surface area contributed by atoms with Crippen molar-refractivity contribution < 1.29 is 23.4 Å². The minimum Gasteiger partial charge on any atom is -0.473 e. The van der Waals surface area contributed by atoms with Gasteiger partial charge in [-0.05, 0) is 61.7 Å². The fourth-order valence-electron chi connectivity index (χ4n) is 5.33. The monoisotopic (exact) mass is 573 g/mol. The summed E-state index contributed by atoms with van der Waals surface area (Å²) < 4.78 is 29.3. The van der Waals surface area contributed by atoms with Gasteiger partial charge in [-0.2, -0.15) is 5.26 Å². The van der Waals surface area contributed by atoms with Crippen LogP contribution in [0.5, 0.6) is 5.88 Å². The summed E-state index contributed by atoms with van der Waals surface area (Å²) in [5.41, 5.74) is 3.46. The lowest BCUT2D eigenvalue weighted by molar-refractivity contribution is -0.0451. The number of likely N-dealkylation sites (tertiary alicyclic amines) is 1. The summed E-state index contributed by atoms with van der Waals surface area (Å²) in [5, 5.41) is 12.2. The van der Waals surface area contributed by atoms with Gasteiger partial charge in [-0.15, -0.1) is 0 Å². The number of hydrogen-bond acceptors (Lipinski definition) is 9. The van der Waals surface area contributed by atoms with E-state index < -0.39 is 5.82 Å². The number of aromatic nitrogens is 1. The number of halogens is 1. The Morgan fingerprint density at radius 1 is 1.19 bits per heavy atom. The van der Waals surface area contributed by atoms with Crippen molar-refractivity contribution >= 4 is 17.3 Å². The lowest BCUT2D eigenvalue weighted by atomic mass is 10.1. The fraction of sp³-hybridized carbons (Fsp3) is 0.406. The quantitative estimate of drug-likeness (QED) is 0.380. The van der Waals surface area contributed by atoms with Crippen molar-refractivity contribution in [2.24, 2.45) is 5.92 Å². The zero-order valence-corrected chi connectivity index (χ0v) is 24.0. The van der Waals surface area contributed by atoms with Crippen LogP contribution < -0.4 is 15.0 Å². The molecule has 6 rings (SSSR count). The third kappa shape index (κ3) is 7.16. The molecule has 0 amide bonds. The molecule has 3 atom stereocenters. The highest BCUT2D eigenvalue weighted by Gasteiger charge is 2.35. The molecular weight excluding hydrogens is 537 g/mol. The molecule has 10 heteroatoms. The topological polar surface area (TPSA) is 100.0 Å². The average molecular weight is 574 g/mol. The number of nitrogens with zero attached hydrogens (tertiary/aromatic N) is 4. The van der Waals surface area contributed by atoms with E-state index in [0.29, 0.717) is 22.6 Å². The molecule has 2 aromatic carbocycles. The number of fused-ring (bicyclic) bond motifs is 1. The first-order valence-electron chi connectivity index (χ1n) is 14.3. The third-order valence-electron chi connectivity index (χ3n) is 7.75. The van der Waals surface area contributed by atoms with Crippen LogP contribution in [0, 0.1) is 23.1 Å². The van der Waals surface area contributed by atoms with Crippen LogP contribution in [0.25, 0.3) is 0 Å². The van der Waals surface area contributed by atoms with Crippen LogP contribution in [0.1, 0.15) is 41.3 Å². The Balaban J connectivity index is 0.000000181. The average Bonchev–Trinajstić information content (AvgIpc) is 3.56. The van der Waals surface area contributed by atoms with Crippen LogP contribution in [0.2, 0.25) is 0 Å². The molecule has 3 aromatic rings. The van der Waals surface area contributed by atoms with Crippen molar-refractivity contribution in [1.82, 2.24) is 9.88 Å². The fourth-order valence-corrected chi connectivity index (χ4v) is 5.33. The van der Waals surface area contributed by atoms with Crippen LogP contribution in [0.4, 0.5) is 15.8 Å². The molecule has 9 nitrogen and oxygen atoms in total. The largest absolute Gasteiger partial charge is 0.473 e. The molecule has 1 N–H and O–H groups in total. The number of benzene rings is 2. The number of pyridine rings is 1. The number of anilines is 2. The number of methoxy groups -OCH3 is 1. The second kappa shape index (κ2) is 13.6. The van der Waals surface area contributed by atoms with Gasteiger partial charge in [0.2, 0.25) is 5.88 Å². The Hall–Kier alpha value is -4.20. The Morgan fingerprint density at radius 3 is 2.69 bits per heavy atom. The Morgan fingerprint density at radius 2 is 2.05 bits per heavy atom. The third-order valence-corrected chi connectivity index (χ3v) is 7.75. The van der Waals surface area contributed by atoms with Crippen LogP contribution in [0.15, 0.2) is 60.8 Å². The number of carbonyl (C=O) groups excluding carboxylic acids is 1. The van der Waals surface area contributed by atoms with Crippen LogP contribution in [-0.2, 0) is 16.1 Å². The normalized spacial score (nSPS) is 20.8. The van der Waals surface area contributed by atoms with E-state index in [4.69, 9.17) is 19.5 Å². The molecule has 1 aromatic heterocycles. The van der Waals surface area contributed by atoms with E-state index in [1.54, 1.807) is 30.5 Å². The van der Waals surface area contributed by atoms with E-state index in [2.05, 4.69) is 27.0 Å². The summed E-state index contributed by atoms with van der Waals surface area (Å²) in [5.74, 6) is 0.480. The molecule has 42 heavy (non-hydrogen) atoms. The summed E-state index contributed by atoms with van der Waals surface area (Å²) in [7, 11) is 1.42. The van der Waals surface area contributed by atoms with Gasteiger partial charge in [0.05, 0.1) is 41.8 Å². The second-order valence-corrected chi connectivity index (χ2v) is 10.8.